The summed E-state index contributed by atoms with van der Waals surface area (Å²) in [6.07, 6.45) is 1.52. The van der Waals surface area contributed by atoms with Crippen LogP contribution in [0.5, 0.6) is 0 Å². The highest BCUT2D eigenvalue weighted by atomic mass is 16.5. The van der Waals surface area contributed by atoms with Crippen LogP contribution in [0.1, 0.15) is 19.8 Å². The molecule has 1 aliphatic heterocycles. The Labute approximate surface area is 96.2 Å². The standard InChI is InChI=1S/C11H21NO4/c1-11(12,10(13)14-2)4-6-16-8-9-3-5-15-7-9/h9H,3-8,12H2,1-2H3. The summed E-state index contributed by atoms with van der Waals surface area (Å²) in [5.41, 5.74) is 4.83. The molecule has 1 rings (SSSR count). The van der Waals surface area contributed by atoms with Gasteiger partial charge in [-0.2, -0.15) is 0 Å². The van der Waals surface area contributed by atoms with Crippen LogP contribution in [0.4, 0.5) is 0 Å². The fourth-order valence-electron chi connectivity index (χ4n) is 1.58. The van der Waals surface area contributed by atoms with Crippen LogP contribution in [0.3, 0.4) is 0 Å². The molecule has 5 nitrogen and oxygen atoms in total. The number of hydrogen-bond acceptors (Lipinski definition) is 5. The zero-order valence-corrected chi connectivity index (χ0v) is 10.0. The molecule has 1 saturated heterocycles. The Bertz CT molecular complexity index is 224. The van der Waals surface area contributed by atoms with Gasteiger partial charge in [0.25, 0.3) is 0 Å². The average molecular weight is 231 g/mol. The van der Waals surface area contributed by atoms with E-state index in [2.05, 4.69) is 4.74 Å². The first-order chi connectivity index (χ1) is 7.56. The Hall–Kier alpha value is -0.650. The highest BCUT2D eigenvalue weighted by Gasteiger charge is 2.29. The van der Waals surface area contributed by atoms with E-state index in [0.717, 1.165) is 19.6 Å². The zero-order valence-electron chi connectivity index (χ0n) is 10.0. The van der Waals surface area contributed by atoms with Crippen molar-refractivity contribution in [1.29, 1.82) is 0 Å². The van der Waals surface area contributed by atoms with Crippen LogP contribution in [0.25, 0.3) is 0 Å². The number of nitrogens with two attached hydrogens (primary N) is 1. The molecule has 1 heterocycles. The Kier molecular flexibility index (Phi) is 5.18. The van der Waals surface area contributed by atoms with E-state index in [-0.39, 0.29) is 0 Å². The topological polar surface area (TPSA) is 70.8 Å². The van der Waals surface area contributed by atoms with Crippen LogP contribution >= 0.6 is 0 Å². The molecule has 94 valence electrons. The zero-order chi connectivity index (χ0) is 12.0. The first-order valence-electron chi connectivity index (χ1n) is 5.59. The van der Waals surface area contributed by atoms with Crippen molar-refractivity contribution >= 4 is 5.97 Å². The van der Waals surface area contributed by atoms with E-state index in [9.17, 15) is 4.79 Å². The number of hydrogen-bond donors (Lipinski definition) is 1. The summed E-state index contributed by atoms with van der Waals surface area (Å²) >= 11 is 0. The molecule has 0 aromatic rings. The van der Waals surface area contributed by atoms with E-state index in [1.165, 1.54) is 7.11 Å². The summed E-state index contributed by atoms with van der Waals surface area (Å²) < 4.78 is 15.3. The Morgan fingerprint density at radius 2 is 2.38 bits per heavy atom. The van der Waals surface area contributed by atoms with E-state index in [1.54, 1.807) is 6.92 Å². The minimum absolute atomic E-state index is 0.403. The second-order valence-electron chi connectivity index (χ2n) is 4.46. The van der Waals surface area contributed by atoms with Gasteiger partial charge in [0.2, 0.25) is 0 Å². The summed E-state index contributed by atoms with van der Waals surface area (Å²) in [5, 5.41) is 0. The van der Waals surface area contributed by atoms with Crippen molar-refractivity contribution in [1.82, 2.24) is 0 Å². The van der Waals surface area contributed by atoms with Crippen molar-refractivity contribution < 1.29 is 19.0 Å². The van der Waals surface area contributed by atoms with E-state index in [0.29, 0.717) is 25.6 Å². The van der Waals surface area contributed by atoms with E-state index >= 15 is 0 Å². The van der Waals surface area contributed by atoms with Crippen molar-refractivity contribution in [2.75, 3.05) is 33.5 Å². The molecule has 16 heavy (non-hydrogen) atoms. The van der Waals surface area contributed by atoms with Crippen molar-refractivity contribution in [3.05, 3.63) is 0 Å². The molecule has 2 atom stereocenters. The molecule has 0 bridgehead atoms. The summed E-state index contributed by atoms with van der Waals surface area (Å²) in [5.74, 6) is 0.0856. The first kappa shape index (κ1) is 13.4. The number of carbonyl (C=O) groups is 1. The molecule has 5 heteroatoms. The maximum atomic E-state index is 11.3. The smallest absolute Gasteiger partial charge is 0.325 e. The quantitative estimate of drug-likeness (QED) is 0.526. The second-order valence-corrected chi connectivity index (χ2v) is 4.46. The number of methoxy groups -OCH3 is 1. The van der Waals surface area contributed by atoms with Gasteiger partial charge >= 0.3 is 5.97 Å². The van der Waals surface area contributed by atoms with Gasteiger partial charge in [-0.1, -0.05) is 0 Å². The first-order valence-corrected chi connectivity index (χ1v) is 5.59. The number of ether oxygens (including phenoxy) is 3. The predicted molar refractivity (Wildman–Crippen MR) is 59.0 cm³/mol. The third-order valence-electron chi connectivity index (χ3n) is 2.79. The second kappa shape index (κ2) is 6.18. The Morgan fingerprint density at radius 1 is 1.62 bits per heavy atom. The lowest BCUT2D eigenvalue weighted by molar-refractivity contribution is -0.147. The van der Waals surface area contributed by atoms with Gasteiger partial charge in [0, 0.05) is 19.1 Å². The van der Waals surface area contributed by atoms with Gasteiger partial charge in [-0.25, -0.2) is 0 Å². The van der Waals surface area contributed by atoms with Crippen LogP contribution in [-0.4, -0.2) is 45.0 Å². The molecular weight excluding hydrogens is 210 g/mol. The number of esters is 1. The van der Waals surface area contributed by atoms with Crippen LogP contribution in [-0.2, 0) is 19.0 Å². The lowest BCUT2D eigenvalue weighted by Gasteiger charge is -2.21. The molecule has 0 spiro atoms. The summed E-state index contributed by atoms with van der Waals surface area (Å²) in [6, 6.07) is 0. The highest BCUT2D eigenvalue weighted by Crippen LogP contribution is 2.13. The Balaban J connectivity index is 2.11. The maximum absolute atomic E-state index is 11.3. The van der Waals surface area contributed by atoms with Gasteiger partial charge in [-0.15, -0.1) is 0 Å². The lowest BCUT2D eigenvalue weighted by atomic mass is 10.0. The molecule has 2 unspecified atom stereocenters. The van der Waals surface area contributed by atoms with E-state index in [4.69, 9.17) is 15.2 Å². The Morgan fingerprint density at radius 3 is 2.94 bits per heavy atom. The summed E-state index contributed by atoms with van der Waals surface area (Å²) in [6.45, 7) is 4.40. The largest absolute Gasteiger partial charge is 0.468 e. The monoisotopic (exact) mass is 231 g/mol. The molecule has 0 radical (unpaired) electrons. The molecule has 0 aromatic heterocycles. The van der Waals surface area contributed by atoms with Gasteiger partial charge < -0.3 is 19.9 Å². The third kappa shape index (κ3) is 4.08. The molecule has 1 fully saturated rings. The molecule has 0 amide bonds. The molecular formula is C11H21NO4. The van der Waals surface area contributed by atoms with Crippen molar-refractivity contribution in [2.45, 2.75) is 25.3 Å². The molecule has 2 N–H and O–H groups in total. The SMILES string of the molecule is COC(=O)C(C)(N)CCOCC1CCOC1. The molecule has 1 aliphatic rings. The van der Waals surface area contributed by atoms with Crippen molar-refractivity contribution in [3.63, 3.8) is 0 Å². The minimum Gasteiger partial charge on any atom is -0.468 e. The van der Waals surface area contributed by atoms with Crippen LogP contribution < -0.4 is 5.73 Å². The number of carbonyl (C=O) groups excluding carboxylic acids is 1. The minimum atomic E-state index is -0.957. The molecule has 0 aromatic carbocycles. The predicted octanol–water partition coefficient (Wildman–Crippen LogP) is 0.320. The molecule has 0 aliphatic carbocycles. The number of rotatable bonds is 6. The van der Waals surface area contributed by atoms with Gasteiger partial charge in [0.05, 0.1) is 20.3 Å². The van der Waals surface area contributed by atoms with Crippen LogP contribution in [0.15, 0.2) is 0 Å². The van der Waals surface area contributed by atoms with Gasteiger partial charge in [-0.05, 0) is 19.8 Å². The summed E-state index contributed by atoms with van der Waals surface area (Å²) in [4.78, 5) is 11.3. The fourth-order valence-corrected chi connectivity index (χ4v) is 1.58. The maximum Gasteiger partial charge on any atom is 0.325 e. The van der Waals surface area contributed by atoms with E-state index in [1.807, 2.05) is 0 Å². The normalized spacial score (nSPS) is 24.1. The molecule has 0 saturated carbocycles. The van der Waals surface area contributed by atoms with Crippen LogP contribution in [0.2, 0.25) is 0 Å². The van der Waals surface area contributed by atoms with Gasteiger partial charge in [0.1, 0.15) is 5.54 Å². The lowest BCUT2D eigenvalue weighted by Crippen LogP contribution is -2.46. The summed E-state index contributed by atoms with van der Waals surface area (Å²) in [7, 11) is 1.34. The van der Waals surface area contributed by atoms with Crippen molar-refractivity contribution in [2.24, 2.45) is 11.7 Å². The fraction of sp³-hybridized carbons (Fsp3) is 0.909. The van der Waals surface area contributed by atoms with Crippen molar-refractivity contribution in [3.8, 4) is 0 Å². The van der Waals surface area contributed by atoms with Gasteiger partial charge in [0.15, 0.2) is 0 Å². The highest BCUT2D eigenvalue weighted by molar-refractivity contribution is 5.79. The van der Waals surface area contributed by atoms with Crippen LogP contribution in [0, 0.1) is 5.92 Å². The third-order valence-corrected chi connectivity index (χ3v) is 2.79. The van der Waals surface area contributed by atoms with E-state index < -0.39 is 11.5 Å². The average Bonchev–Trinajstić information content (AvgIpc) is 2.76. The van der Waals surface area contributed by atoms with Gasteiger partial charge in [-0.3, -0.25) is 4.79 Å².